The number of alkyl halides is 2. The van der Waals surface area contributed by atoms with Crippen LogP contribution in [-0.4, -0.2) is 30.3 Å². The molecule has 0 spiro atoms. The van der Waals surface area contributed by atoms with Gasteiger partial charge in [0, 0.05) is 0 Å². The first kappa shape index (κ1) is 19.0. The third-order valence-corrected chi connectivity index (χ3v) is 4.63. The maximum atomic E-state index is 13.6. The molecule has 0 saturated heterocycles. The van der Waals surface area contributed by atoms with Crippen LogP contribution in [0.15, 0.2) is 60.7 Å². The first-order valence-corrected chi connectivity index (χ1v) is 8.74. The molecule has 5 nitrogen and oxygen atoms in total. The van der Waals surface area contributed by atoms with Crippen molar-refractivity contribution in [2.24, 2.45) is 0 Å². The van der Waals surface area contributed by atoms with E-state index < -0.39 is 33.4 Å². The Morgan fingerprint density at radius 1 is 1.00 bits per heavy atom. The highest BCUT2D eigenvalue weighted by Crippen LogP contribution is 2.31. The van der Waals surface area contributed by atoms with Crippen LogP contribution in [0, 0.1) is 0 Å². The van der Waals surface area contributed by atoms with E-state index in [1.165, 1.54) is 0 Å². The average molecular weight is 370 g/mol. The molecule has 0 aliphatic rings. The van der Waals surface area contributed by atoms with Crippen molar-refractivity contribution >= 4 is 16.1 Å². The average Bonchev–Trinajstić information content (AvgIpc) is 2.56. The Morgan fingerprint density at radius 2 is 1.40 bits per heavy atom. The van der Waals surface area contributed by atoms with Gasteiger partial charge >= 0.3 is 21.3 Å². The van der Waals surface area contributed by atoms with Gasteiger partial charge in [0.15, 0.2) is 6.10 Å². The van der Waals surface area contributed by atoms with Gasteiger partial charge in [0.2, 0.25) is 0 Å². The van der Waals surface area contributed by atoms with Gasteiger partial charge < -0.3 is 4.74 Å². The molecule has 0 aliphatic heterocycles. The fourth-order valence-corrected chi connectivity index (χ4v) is 2.74. The zero-order valence-corrected chi connectivity index (χ0v) is 14.0. The molecule has 1 N–H and O–H groups in total. The molecule has 8 heteroatoms. The molecule has 0 saturated carbocycles. The lowest BCUT2D eigenvalue weighted by Gasteiger charge is -2.24. The predicted molar refractivity (Wildman–Crippen MR) is 86.8 cm³/mol. The summed E-state index contributed by atoms with van der Waals surface area (Å²) < 4.78 is 62.2. The maximum Gasteiger partial charge on any atom is 0.405 e. The fourth-order valence-electron chi connectivity index (χ4n) is 2.28. The molecule has 2 rings (SSSR count). The largest absolute Gasteiger partial charge is 0.454 e. The number of hydrogen-bond donors (Lipinski definition) is 1. The maximum absolute atomic E-state index is 13.6. The van der Waals surface area contributed by atoms with Crippen molar-refractivity contribution in [1.82, 2.24) is 0 Å². The third-order valence-electron chi connectivity index (χ3n) is 3.61. The summed E-state index contributed by atoms with van der Waals surface area (Å²) in [5, 5.41) is -4.61. The predicted octanol–water partition coefficient (Wildman–Crippen LogP) is 3.23. The number of benzene rings is 2. The minimum atomic E-state index is -5.71. The molecule has 134 valence electrons. The highest BCUT2D eigenvalue weighted by Gasteiger charge is 2.52. The van der Waals surface area contributed by atoms with E-state index in [1.54, 1.807) is 60.7 Å². The van der Waals surface area contributed by atoms with Gasteiger partial charge in [-0.3, -0.25) is 9.35 Å². The van der Waals surface area contributed by atoms with Crippen molar-refractivity contribution in [2.45, 2.75) is 24.2 Å². The van der Waals surface area contributed by atoms with E-state index in [4.69, 9.17) is 4.55 Å². The van der Waals surface area contributed by atoms with Crippen LogP contribution in [0.2, 0.25) is 0 Å². The van der Waals surface area contributed by atoms with Crippen LogP contribution >= 0.6 is 0 Å². The van der Waals surface area contributed by atoms with Gasteiger partial charge in [0.25, 0.3) is 0 Å². The van der Waals surface area contributed by atoms with E-state index in [-0.39, 0.29) is 0 Å². The van der Waals surface area contributed by atoms with Crippen molar-refractivity contribution in [3.05, 3.63) is 71.8 Å². The Balaban J connectivity index is 2.35. The molecule has 25 heavy (non-hydrogen) atoms. The standard InChI is InChI=1S/C17H16F2O5S/c1-12(17(18,19)25(21,22)23)24-16(20)15(13-8-4-2-5-9-13)14-10-6-3-7-11-14/h2-12,15H,1H3,(H,21,22,23). The van der Waals surface area contributed by atoms with Crippen LogP contribution in [0.25, 0.3) is 0 Å². The monoisotopic (exact) mass is 370 g/mol. The van der Waals surface area contributed by atoms with Crippen LogP contribution < -0.4 is 0 Å². The lowest BCUT2D eigenvalue weighted by atomic mass is 9.91. The zero-order chi connectivity index (χ0) is 18.7. The van der Waals surface area contributed by atoms with Crippen LogP contribution in [0.1, 0.15) is 24.0 Å². The number of halogens is 2. The summed E-state index contributed by atoms with van der Waals surface area (Å²) in [6.07, 6.45) is -2.36. The molecule has 0 radical (unpaired) electrons. The number of carbonyl (C=O) groups excluding carboxylic acids is 1. The van der Waals surface area contributed by atoms with Crippen molar-refractivity contribution < 1.29 is 31.3 Å². The first-order chi connectivity index (χ1) is 11.6. The Bertz CT molecular complexity index is 783. The second-order valence-corrected chi connectivity index (χ2v) is 6.86. The number of hydrogen-bond acceptors (Lipinski definition) is 4. The lowest BCUT2D eigenvalue weighted by molar-refractivity contribution is -0.160. The minimum Gasteiger partial charge on any atom is -0.454 e. The summed E-state index contributed by atoms with van der Waals surface area (Å²) in [5.41, 5.74) is 1.00. The van der Waals surface area contributed by atoms with E-state index in [1.807, 2.05) is 0 Å². The van der Waals surface area contributed by atoms with Gasteiger partial charge in [-0.05, 0) is 18.1 Å². The molecule has 0 bridgehead atoms. The van der Waals surface area contributed by atoms with Crippen molar-refractivity contribution in [1.29, 1.82) is 0 Å². The molecular formula is C17H16F2O5S. The fraction of sp³-hybridized carbons (Fsp3) is 0.235. The van der Waals surface area contributed by atoms with Gasteiger partial charge in [-0.25, -0.2) is 0 Å². The van der Waals surface area contributed by atoms with Crippen molar-refractivity contribution in [2.75, 3.05) is 0 Å². The quantitative estimate of drug-likeness (QED) is 0.624. The Kier molecular flexibility index (Phi) is 5.54. The van der Waals surface area contributed by atoms with Gasteiger partial charge in [0.05, 0.1) is 0 Å². The SMILES string of the molecule is CC(OC(=O)C(c1ccccc1)c1ccccc1)C(F)(F)S(=O)(=O)O. The Labute approximate surface area is 144 Å². The van der Waals surface area contributed by atoms with Crippen molar-refractivity contribution in [3.8, 4) is 0 Å². The number of carbonyl (C=O) groups is 1. The van der Waals surface area contributed by atoms with Crippen molar-refractivity contribution in [3.63, 3.8) is 0 Å². The highest BCUT2D eigenvalue weighted by molar-refractivity contribution is 7.86. The molecule has 0 aromatic heterocycles. The van der Waals surface area contributed by atoms with E-state index in [0.29, 0.717) is 18.1 Å². The smallest absolute Gasteiger partial charge is 0.405 e. The summed E-state index contributed by atoms with van der Waals surface area (Å²) >= 11 is 0. The lowest BCUT2D eigenvalue weighted by Crippen LogP contribution is -2.42. The minimum absolute atomic E-state index is 0.501. The summed E-state index contributed by atoms with van der Waals surface area (Å²) in [6, 6.07) is 16.7. The summed E-state index contributed by atoms with van der Waals surface area (Å²) in [6.45, 7) is 0.707. The second kappa shape index (κ2) is 7.28. The van der Waals surface area contributed by atoms with Gasteiger partial charge in [-0.15, -0.1) is 0 Å². The molecule has 0 fully saturated rings. The number of ether oxygens (including phenoxy) is 1. The van der Waals surface area contributed by atoms with E-state index in [2.05, 4.69) is 4.74 Å². The molecule has 1 atom stereocenters. The molecule has 2 aromatic rings. The summed E-state index contributed by atoms with van der Waals surface area (Å²) in [4.78, 5) is 12.5. The Morgan fingerprint density at radius 3 is 1.76 bits per heavy atom. The summed E-state index contributed by atoms with van der Waals surface area (Å²) in [7, 11) is -5.71. The van der Waals surface area contributed by atoms with Gasteiger partial charge in [-0.2, -0.15) is 17.2 Å². The molecule has 0 heterocycles. The number of esters is 1. The van der Waals surface area contributed by atoms with Crippen LogP contribution in [-0.2, 0) is 19.6 Å². The van der Waals surface area contributed by atoms with Crippen LogP contribution in [0.5, 0.6) is 0 Å². The summed E-state index contributed by atoms with van der Waals surface area (Å²) in [5.74, 6) is -2.06. The van der Waals surface area contributed by atoms with E-state index in [0.717, 1.165) is 0 Å². The topological polar surface area (TPSA) is 80.7 Å². The normalized spacial score (nSPS) is 13.5. The molecular weight excluding hydrogens is 354 g/mol. The zero-order valence-electron chi connectivity index (χ0n) is 13.2. The van der Waals surface area contributed by atoms with Crippen LogP contribution in [0.4, 0.5) is 8.78 Å². The molecule has 0 amide bonds. The molecule has 1 unspecified atom stereocenters. The third kappa shape index (κ3) is 4.21. The van der Waals surface area contributed by atoms with E-state index >= 15 is 0 Å². The first-order valence-electron chi connectivity index (χ1n) is 7.30. The number of rotatable bonds is 6. The molecule has 2 aromatic carbocycles. The second-order valence-electron chi connectivity index (χ2n) is 5.37. The van der Waals surface area contributed by atoms with Gasteiger partial charge in [0.1, 0.15) is 5.92 Å². The van der Waals surface area contributed by atoms with E-state index in [9.17, 15) is 22.0 Å². The highest BCUT2D eigenvalue weighted by atomic mass is 32.2. The molecule has 0 aliphatic carbocycles. The Hall–Kier alpha value is -2.32. The van der Waals surface area contributed by atoms with Crippen LogP contribution in [0.3, 0.4) is 0 Å². The van der Waals surface area contributed by atoms with Gasteiger partial charge in [-0.1, -0.05) is 60.7 Å².